The molecule has 1 N–H and O–H groups in total. The van der Waals surface area contributed by atoms with E-state index in [1.807, 2.05) is 41.3 Å². The van der Waals surface area contributed by atoms with Gasteiger partial charge in [-0.05, 0) is 42.0 Å². The molecule has 1 fully saturated rings. The van der Waals surface area contributed by atoms with Crippen LogP contribution in [-0.4, -0.2) is 48.7 Å². The van der Waals surface area contributed by atoms with Crippen molar-refractivity contribution in [1.29, 1.82) is 0 Å². The third kappa shape index (κ3) is 4.57. The summed E-state index contributed by atoms with van der Waals surface area (Å²) in [7, 11) is 0. The number of piperazine rings is 1. The molecule has 5 nitrogen and oxygen atoms in total. The molecule has 0 aliphatic carbocycles. The molecule has 1 saturated heterocycles. The standard InChI is InChI=1S/C21H24N2O3/c1-2-14-26-20-5-3-4-17(15-20)16-21(25)23-12-10-22(11-13-23)18-6-8-19(24)9-7-18/h2-9,15,24H,1,10-14,16H2. The maximum absolute atomic E-state index is 12.6. The number of amides is 1. The van der Waals surface area contributed by atoms with Gasteiger partial charge < -0.3 is 19.6 Å². The Hall–Kier alpha value is -2.95. The second kappa shape index (κ2) is 8.43. The number of hydrogen-bond acceptors (Lipinski definition) is 4. The molecule has 136 valence electrons. The summed E-state index contributed by atoms with van der Waals surface area (Å²) in [4.78, 5) is 16.7. The number of anilines is 1. The molecule has 0 radical (unpaired) electrons. The first-order chi connectivity index (χ1) is 12.7. The van der Waals surface area contributed by atoms with Crippen LogP contribution in [0.4, 0.5) is 5.69 Å². The van der Waals surface area contributed by atoms with Crippen molar-refractivity contribution in [3.8, 4) is 11.5 Å². The van der Waals surface area contributed by atoms with E-state index < -0.39 is 0 Å². The van der Waals surface area contributed by atoms with E-state index in [0.29, 0.717) is 26.1 Å². The molecule has 1 aliphatic heterocycles. The lowest BCUT2D eigenvalue weighted by Crippen LogP contribution is -2.49. The lowest BCUT2D eigenvalue weighted by Gasteiger charge is -2.36. The number of aromatic hydroxyl groups is 1. The van der Waals surface area contributed by atoms with Crippen molar-refractivity contribution in [3.63, 3.8) is 0 Å². The van der Waals surface area contributed by atoms with Crippen LogP contribution in [-0.2, 0) is 11.2 Å². The van der Waals surface area contributed by atoms with E-state index in [0.717, 1.165) is 30.1 Å². The van der Waals surface area contributed by atoms with Crippen molar-refractivity contribution in [1.82, 2.24) is 4.90 Å². The highest BCUT2D eigenvalue weighted by Gasteiger charge is 2.21. The number of carbonyl (C=O) groups excluding carboxylic acids is 1. The largest absolute Gasteiger partial charge is 0.508 e. The quantitative estimate of drug-likeness (QED) is 0.813. The number of rotatable bonds is 6. The first-order valence-corrected chi connectivity index (χ1v) is 8.80. The second-order valence-electron chi connectivity index (χ2n) is 6.31. The van der Waals surface area contributed by atoms with Crippen LogP contribution in [0.2, 0.25) is 0 Å². The second-order valence-corrected chi connectivity index (χ2v) is 6.31. The zero-order valence-corrected chi connectivity index (χ0v) is 14.8. The van der Waals surface area contributed by atoms with Gasteiger partial charge in [0.25, 0.3) is 0 Å². The van der Waals surface area contributed by atoms with E-state index in [1.54, 1.807) is 18.2 Å². The van der Waals surface area contributed by atoms with Gasteiger partial charge >= 0.3 is 0 Å². The van der Waals surface area contributed by atoms with Gasteiger partial charge in [0, 0.05) is 31.9 Å². The Morgan fingerprint density at radius 3 is 2.54 bits per heavy atom. The monoisotopic (exact) mass is 352 g/mol. The lowest BCUT2D eigenvalue weighted by molar-refractivity contribution is -0.130. The fraction of sp³-hybridized carbons (Fsp3) is 0.286. The molecule has 1 aliphatic rings. The maximum atomic E-state index is 12.6. The molecule has 2 aromatic carbocycles. The number of hydrogen-bond donors (Lipinski definition) is 1. The minimum absolute atomic E-state index is 0.135. The Morgan fingerprint density at radius 2 is 1.85 bits per heavy atom. The highest BCUT2D eigenvalue weighted by molar-refractivity contribution is 5.79. The molecule has 2 aromatic rings. The van der Waals surface area contributed by atoms with Crippen molar-refractivity contribution < 1.29 is 14.6 Å². The van der Waals surface area contributed by atoms with E-state index in [-0.39, 0.29) is 11.7 Å². The third-order valence-electron chi connectivity index (χ3n) is 4.47. The van der Waals surface area contributed by atoms with Gasteiger partial charge in [0.1, 0.15) is 18.1 Å². The lowest BCUT2D eigenvalue weighted by atomic mass is 10.1. The van der Waals surface area contributed by atoms with Crippen LogP contribution < -0.4 is 9.64 Å². The highest BCUT2D eigenvalue weighted by atomic mass is 16.5. The molecule has 0 spiro atoms. The number of benzene rings is 2. The predicted molar refractivity (Wildman–Crippen MR) is 103 cm³/mol. The first kappa shape index (κ1) is 17.9. The van der Waals surface area contributed by atoms with E-state index in [2.05, 4.69) is 11.5 Å². The summed E-state index contributed by atoms with van der Waals surface area (Å²) in [6, 6.07) is 14.8. The van der Waals surface area contributed by atoms with Crippen LogP contribution in [0.1, 0.15) is 5.56 Å². The van der Waals surface area contributed by atoms with Gasteiger partial charge in [-0.1, -0.05) is 24.8 Å². The van der Waals surface area contributed by atoms with Crippen LogP contribution in [0.25, 0.3) is 0 Å². The van der Waals surface area contributed by atoms with E-state index >= 15 is 0 Å². The van der Waals surface area contributed by atoms with Gasteiger partial charge in [0.2, 0.25) is 5.91 Å². The molecule has 1 amide bonds. The molecule has 0 unspecified atom stereocenters. The molecule has 3 rings (SSSR count). The van der Waals surface area contributed by atoms with Crippen LogP contribution in [0.5, 0.6) is 11.5 Å². The topological polar surface area (TPSA) is 53.0 Å². The van der Waals surface area contributed by atoms with Crippen LogP contribution in [0.15, 0.2) is 61.2 Å². The zero-order chi connectivity index (χ0) is 18.4. The molecule has 0 aromatic heterocycles. The zero-order valence-electron chi connectivity index (χ0n) is 14.8. The average molecular weight is 352 g/mol. The normalized spacial score (nSPS) is 14.2. The fourth-order valence-corrected chi connectivity index (χ4v) is 3.06. The van der Waals surface area contributed by atoms with Gasteiger partial charge in [0.05, 0.1) is 6.42 Å². The number of nitrogens with zero attached hydrogens (tertiary/aromatic N) is 2. The predicted octanol–water partition coefficient (Wildman–Crippen LogP) is 2.85. The summed E-state index contributed by atoms with van der Waals surface area (Å²) < 4.78 is 5.53. The number of ether oxygens (including phenoxy) is 1. The van der Waals surface area contributed by atoms with Crippen LogP contribution in [0, 0.1) is 0 Å². The number of phenols is 1. The molecule has 0 bridgehead atoms. The maximum Gasteiger partial charge on any atom is 0.227 e. The minimum Gasteiger partial charge on any atom is -0.508 e. The summed E-state index contributed by atoms with van der Waals surface area (Å²) >= 11 is 0. The molecule has 26 heavy (non-hydrogen) atoms. The van der Waals surface area contributed by atoms with Crippen molar-refractivity contribution in [2.24, 2.45) is 0 Å². The van der Waals surface area contributed by atoms with Crippen LogP contribution >= 0.6 is 0 Å². The highest BCUT2D eigenvalue weighted by Crippen LogP contribution is 2.20. The SMILES string of the molecule is C=CCOc1cccc(CC(=O)N2CCN(c3ccc(O)cc3)CC2)c1. The molecule has 0 atom stereocenters. The van der Waals surface area contributed by atoms with E-state index in [1.165, 1.54) is 0 Å². The Morgan fingerprint density at radius 1 is 1.12 bits per heavy atom. The smallest absolute Gasteiger partial charge is 0.227 e. The average Bonchev–Trinajstić information content (AvgIpc) is 2.67. The van der Waals surface area contributed by atoms with Gasteiger partial charge in [-0.15, -0.1) is 0 Å². The summed E-state index contributed by atoms with van der Waals surface area (Å²) in [5.41, 5.74) is 2.03. The van der Waals surface area contributed by atoms with Gasteiger partial charge in [-0.3, -0.25) is 4.79 Å². The van der Waals surface area contributed by atoms with Gasteiger partial charge in [-0.2, -0.15) is 0 Å². The molecular weight excluding hydrogens is 328 g/mol. The van der Waals surface area contributed by atoms with Crippen molar-refractivity contribution in [3.05, 3.63) is 66.7 Å². The Bertz CT molecular complexity index is 750. The molecular formula is C21H24N2O3. The van der Waals surface area contributed by atoms with Crippen LogP contribution in [0.3, 0.4) is 0 Å². The Kier molecular flexibility index (Phi) is 5.79. The summed E-state index contributed by atoms with van der Waals surface area (Å²) in [6.45, 7) is 7.08. The summed E-state index contributed by atoms with van der Waals surface area (Å²) in [5.74, 6) is 1.16. The van der Waals surface area contributed by atoms with E-state index in [4.69, 9.17) is 4.74 Å². The first-order valence-electron chi connectivity index (χ1n) is 8.80. The van der Waals surface area contributed by atoms with Crippen molar-refractivity contribution >= 4 is 11.6 Å². The van der Waals surface area contributed by atoms with Gasteiger partial charge in [-0.25, -0.2) is 0 Å². The minimum atomic E-state index is 0.135. The van der Waals surface area contributed by atoms with Crippen molar-refractivity contribution in [2.75, 3.05) is 37.7 Å². The Labute approximate surface area is 154 Å². The van der Waals surface area contributed by atoms with E-state index in [9.17, 15) is 9.90 Å². The molecule has 5 heteroatoms. The fourth-order valence-electron chi connectivity index (χ4n) is 3.06. The summed E-state index contributed by atoms with van der Waals surface area (Å²) in [5, 5.41) is 9.39. The molecule has 1 heterocycles. The number of carbonyl (C=O) groups is 1. The summed E-state index contributed by atoms with van der Waals surface area (Å²) in [6.07, 6.45) is 2.08. The Balaban J connectivity index is 1.53. The third-order valence-corrected chi connectivity index (χ3v) is 4.47. The number of phenolic OH excluding ortho intramolecular Hbond substituents is 1. The van der Waals surface area contributed by atoms with Crippen molar-refractivity contribution in [2.45, 2.75) is 6.42 Å². The van der Waals surface area contributed by atoms with Gasteiger partial charge in [0.15, 0.2) is 0 Å². The molecule has 0 saturated carbocycles.